The van der Waals surface area contributed by atoms with Crippen LogP contribution < -0.4 is 9.47 Å². The second-order valence-corrected chi connectivity index (χ2v) is 4.66. The van der Waals surface area contributed by atoms with E-state index < -0.39 is 11.3 Å². The molecule has 1 aliphatic rings. The van der Waals surface area contributed by atoms with E-state index in [1.54, 1.807) is 13.2 Å². The van der Waals surface area contributed by atoms with Gasteiger partial charge in [-0.05, 0) is 19.1 Å². The Kier molecular flexibility index (Phi) is 3.66. The van der Waals surface area contributed by atoms with E-state index in [4.69, 9.17) is 21.1 Å². The molecule has 1 aromatic carbocycles. The first kappa shape index (κ1) is 13.0. The molecule has 5 heteroatoms. The molecule has 18 heavy (non-hydrogen) atoms. The number of fused-ring (bicyclic) bond motifs is 1. The van der Waals surface area contributed by atoms with Crippen LogP contribution in [0.2, 0.25) is 0 Å². The predicted octanol–water partition coefficient (Wildman–Crippen LogP) is 2.47. The lowest BCUT2D eigenvalue weighted by molar-refractivity contribution is -0.140. The van der Waals surface area contributed by atoms with E-state index in [-0.39, 0.29) is 6.10 Å². The average Bonchev–Trinajstić information content (AvgIpc) is 2.74. The topological polar surface area (TPSA) is 44.8 Å². The number of halogens is 1. The number of benzene rings is 1. The Morgan fingerprint density at radius 3 is 2.83 bits per heavy atom. The summed E-state index contributed by atoms with van der Waals surface area (Å²) in [5.74, 6) is 0.825. The van der Waals surface area contributed by atoms with E-state index in [9.17, 15) is 4.79 Å². The van der Waals surface area contributed by atoms with Crippen LogP contribution in [0.15, 0.2) is 12.1 Å². The normalized spacial score (nSPS) is 18.8. The number of esters is 1. The summed E-state index contributed by atoms with van der Waals surface area (Å²) in [4.78, 5) is 11.5. The third-order valence-electron chi connectivity index (χ3n) is 2.93. The van der Waals surface area contributed by atoms with Gasteiger partial charge in [-0.25, -0.2) is 0 Å². The quantitative estimate of drug-likeness (QED) is 0.625. The molecule has 98 valence electrons. The number of hydrogen-bond donors (Lipinski definition) is 0. The summed E-state index contributed by atoms with van der Waals surface area (Å²) in [5.41, 5.74) is 1.63. The predicted molar refractivity (Wildman–Crippen MR) is 67.4 cm³/mol. The van der Waals surface area contributed by atoms with Crippen LogP contribution in [0.3, 0.4) is 0 Å². The lowest BCUT2D eigenvalue weighted by Crippen LogP contribution is -2.10. The van der Waals surface area contributed by atoms with Crippen LogP contribution in [0.4, 0.5) is 0 Å². The van der Waals surface area contributed by atoms with E-state index in [1.165, 1.54) is 7.11 Å². The highest BCUT2D eigenvalue weighted by atomic mass is 35.5. The maximum Gasteiger partial charge on any atom is 0.328 e. The monoisotopic (exact) mass is 270 g/mol. The Morgan fingerprint density at radius 1 is 1.50 bits per heavy atom. The number of carbonyl (C=O) groups is 1. The molecule has 0 saturated carbocycles. The minimum atomic E-state index is -0.894. The second kappa shape index (κ2) is 5.06. The largest absolute Gasteiger partial charge is 0.496 e. The van der Waals surface area contributed by atoms with Gasteiger partial charge in [0.2, 0.25) is 0 Å². The highest BCUT2D eigenvalue weighted by molar-refractivity contribution is 6.30. The van der Waals surface area contributed by atoms with Gasteiger partial charge in [-0.3, -0.25) is 4.79 Å². The second-order valence-electron chi connectivity index (χ2n) is 4.22. The van der Waals surface area contributed by atoms with Gasteiger partial charge in [-0.1, -0.05) is 0 Å². The smallest absolute Gasteiger partial charge is 0.328 e. The molecule has 1 heterocycles. The Labute approximate surface area is 111 Å². The highest BCUT2D eigenvalue weighted by Gasteiger charge is 2.27. The molecule has 1 aliphatic heterocycles. The molecule has 1 aromatic rings. The van der Waals surface area contributed by atoms with Crippen molar-refractivity contribution in [3.63, 3.8) is 0 Å². The van der Waals surface area contributed by atoms with E-state index in [2.05, 4.69) is 4.74 Å². The minimum absolute atomic E-state index is 0.131. The van der Waals surface area contributed by atoms with Gasteiger partial charge >= 0.3 is 5.97 Å². The van der Waals surface area contributed by atoms with E-state index >= 15 is 0 Å². The summed E-state index contributed by atoms with van der Waals surface area (Å²) >= 11 is 6.07. The van der Waals surface area contributed by atoms with Crippen LogP contribution in [-0.2, 0) is 16.0 Å². The molecule has 4 nitrogen and oxygen atoms in total. The molecular weight excluding hydrogens is 256 g/mol. The molecule has 0 N–H and O–H groups in total. The van der Waals surface area contributed by atoms with Crippen LogP contribution in [0.25, 0.3) is 0 Å². The highest BCUT2D eigenvalue weighted by Crippen LogP contribution is 2.39. The molecule has 2 rings (SSSR count). The van der Waals surface area contributed by atoms with Crippen LogP contribution in [-0.4, -0.2) is 26.3 Å². The van der Waals surface area contributed by atoms with Gasteiger partial charge in [-0.15, -0.1) is 11.6 Å². The third-order valence-corrected chi connectivity index (χ3v) is 3.34. The molecule has 0 saturated heterocycles. The Morgan fingerprint density at radius 2 is 2.22 bits per heavy atom. The fourth-order valence-electron chi connectivity index (χ4n) is 2.06. The molecule has 2 unspecified atom stereocenters. The first-order chi connectivity index (χ1) is 8.56. The summed E-state index contributed by atoms with van der Waals surface area (Å²) < 4.78 is 15.6. The maximum absolute atomic E-state index is 11.5. The van der Waals surface area contributed by atoms with Gasteiger partial charge in [0.25, 0.3) is 0 Å². The number of alkyl halides is 1. The first-order valence-electron chi connectivity index (χ1n) is 5.66. The van der Waals surface area contributed by atoms with Gasteiger partial charge in [0.05, 0.1) is 14.2 Å². The minimum Gasteiger partial charge on any atom is -0.496 e. The number of carbonyl (C=O) groups excluding carboxylic acids is 1. The number of hydrogen-bond acceptors (Lipinski definition) is 4. The molecule has 0 fully saturated rings. The standard InChI is InChI=1S/C13H15ClO4/c1-7-4-8-5-11(16-2)9(6-10(8)18-7)12(14)13(15)17-3/h5-7,12H,4H2,1-3H3. The van der Waals surface area contributed by atoms with Crippen LogP contribution in [0.5, 0.6) is 11.5 Å². The summed E-state index contributed by atoms with van der Waals surface area (Å²) in [5, 5.41) is -0.894. The van der Waals surface area contributed by atoms with Gasteiger partial charge in [-0.2, -0.15) is 0 Å². The van der Waals surface area contributed by atoms with E-state index in [0.29, 0.717) is 11.3 Å². The molecule has 0 spiro atoms. The SMILES string of the molecule is COC(=O)C(Cl)c1cc2c(cc1OC)CC(C)O2. The lowest BCUT2D eigenvalue weighted by atomic mass is 10.0. The molecule has 2 atom stereocenters. The molecule has 0 amide bonds. The van der Waals surface area contributed by atoms with Crippen molar-refractivity contribution in [3.8, 4) is 11.5 Å². The fourth-order valence-corrected chi connectivity index (χ4v) is 2.32. The van der Waals surface area contributed by atoms with Crippen molar-refractivity contribution < 1.29 is 19.0 Å². The molecule has 0 aromatic heterocycles. The van der Waals surface area contributed by atoms with Crippen molar-refractivity contribution in [2.45, 2.75) is 24.8 Å². The molecular formula is C13H15ClO4. The number of ether oxygens (including phenoxy) is 3. The van der Waals surface area contributed by atoms with Gasteiger partial charge in [0, 0.05) is 17.5 Å². The number of rotatable bonds is 3. The Balaban J connectivity index is 2.41. The van der Waals surface area contributed by atoms with Crippen molar-refractivity contribution in [2.24, 2.45) is 0 Å². The van der Waals surface area contributed by atoms with Crippen LogP contribution >= 0.6 is 11.6 Å². The van der Waals surface area contributed by atoms with Crippen molar-refractivity contribution in [1.82, 2.24) is 0 Å². The third kappa shape index (κ3) is 2.25. The van der Waals surface area contributed by atoms with Crippen molar-refractivity contribution >= 4 is 17.6 Å². The van der Waals surface area contributed by atoms with Gasteiger partial charge in [0.15, 0.2) is 5.38 Å². The van der Waals surface area contributed by atoms with Crippen LogP contribution in [0.1, 0.15) is 23.4 Å². The van der Waals surface area contributed by atoms with Crippen molar-refractivity contribution in [1.29, 1.82) is 0 Å². The summed E-state index contributed by atoms with van der Waals surface area (Å²) in [6, 6.07) is 3.62. The zero-order valence-electron chi connectivity index (χ0n) is 10.5. The van der Waals surface area contributed by atoms with Crippen LogP contribution in [0, 0.1) is 0 Å². The van der Waals surface area contributed by atoms with E-state index in [1.807, 2.05) is 13.0 Å². The summed E-state index contributed by atoms with van der Waals surface area (Å²) in [6.07, 6.45) is 0.962. The first-order valence-corrected chi connectivity index (χ1v) is 6.09. The van der Waals surface area contributed by atoms with Gasteiger partial charge < -0.3 is 14.2 Å². The summed E-state index contributed by atoms with van der Waals surface area (Å²) in [6.45, 7) is 1.99. The van der Waals surface area contributed by atoms with Gasteiger partial charge in [0.1, 0.15) is 17.6 Å². The molecule has 0 aliphatic carbocycles. The number of methoxy groups -OCH3 is 2. The summed E-state index contributed by atoms with van der Waals surface area (Å²) in [7, 11) is 2.85. The fraction of sp³-hybridized carbons (Fsp3) is 0.462. The molecule has 0 bridgehead atoms. The maximum atomic E-state index is 11.5. The zero-order chi connectivity index (χ0) is 13.3. The average molecular weight is 271 g/mol. The van der Waals surface area contributed by atoms with Crippen molar-refractivity contribution in [2.75, 3.05) is 14.2 Å². The Hall–Kier alpha value is -1.42. The zero-order valence-corrected chi connectivity index (χ0v) is 11.3. The Bertz CT molecular complexity index is 472. The molecule has 0 radical (unpaired) electrons. The van der Waals surface area contributed by atoms with Crippen molar-refractivity contribution in [3.05, 3.63) is 23.3 Å². The lowest BCUT2D eigenvalue weighted by Gasteiger charge is -2.14. The van der Waals surface area contributed by atoms with E-state index in [0.717, 1.165) is 17.7 Å².